The molecule has 2 aromatic carbocycles. The molecule has 4 aromatic rings. The van der Waals surface area contributed by atoms with E-state index < -0.39 is 23.1 Å². The highest BCUT2D eigenvalue weighted by molar-refractivity contribution is 7.17. The SMILES string of the molecule is CCOC(=O)c1c(NC(=O)c2ccc(N=Cc3c(O)n(-c4ccc(C)cc4)c(=O)[nH]c3=O)cc2)sc2c1CCCC2. The predicted molar refractivity (Wildman–Crippen MR) is 158 cm³/mol. The van der Waals surface area contributed by atoms with Crippen molar-refractivity contribution >= 4 is 40.1 Å². The van der Waals surface area contributed by atoms with Gasteiger partial charge in [0.2, 0.25) is 5.88 Å². The van der Waals surface area contributed by atoms with Crippen LogP contribution in [0.3, 0.4) is 0 Å². The van der Waals surface area contributed by atoms with E-state index in [4.69, 9.17) is 4.74 Å². The second-order valence-electron chi connectivity index (χ2n) is 9.56. The van der Waals surface area contributed by atoms with Gasteiger partial charge in [0.05, 0.1) is 23.5 Å². The Morgan fingerprint density at radius 2 is 1.80 bits per heavy atom. The molecule has 0 fully saturated rings. The first-order valence-electron chi connectivity index (χ1n) is 13.2. The molecule has 0 saturated heterocycles. The molecule has 41 heavy (non-hydrogen) atoms. The van der Waals surface area contributed by atoms with Crippen LogP contribution in [0.25, 0.3) is 5.69 Å². The number of aliphatic imine (C=N–C) groups is 1. The number of hydrogen-bond donors (Lipinski definition) is 3. The normalized spacial score (nSPS) is 12.7. The van der Waals surface area contributed by atoms with Gasteiger partial charge in [0.15, 0.2) is 0 Å². The molecule has 1 aliphatic rings. The van der Waals surface area contributed by atoms with Crippen LogP contribution in [0.1, 0.15) is 62.0 Å². The Morgan fingerprint density at radius 3 is 2.51 bits per heavy atom. The third-order valence-electron chi connectivity index (χ3n) is 6.76. The van der Waals surface area contributed by atoms with Gasteiger partial charge >= 0.3 is 11.7 Å². The highest BCUT2D eigenvalue weighted by atomic mass is 32.1. The summed E-state index contributed by atoms with van der Waals surface area (Å²) >= 11 is 1.42. The van der Waals surface area contributed by atoms with Gasteiger partial charge in [-0.15, -0.1) is 11.3 Å². The minimum absolute atomic E-state index is 0.194. The quantitative estimate of drug-likeness (QED) is 0.217. The van der Waals surface area contributed by atoms with Crippen molar-refractivity contribution in [2.45, 2.75) is 39.5 Å². The number of benzene rings is 2. The number of H-pyrrole nitrogens is 1. The third-order valence-corrected chi connectivity index (χ3v) is 7.97. The molecule has 0 atom stereocenters. The number of rotatable bonds is 7. The standard InChI is InChI=1S/C30H28N4O6S/c1-3-40-29(38)24-21-6-4-5-7-23(21)41-27(24)32-25(35)18-10-12-19(13-11-18)31-16-22-26(36)33-30(39)34(28(22)37)20-14-8-17(2)9-15-20/h8-16,37H,3-7H2,1-2H3,(H,32,35)(H,33,36,39). The van der Waals surface area contributed by atoms with E-state index >= 15 is 0 Å². The molecule has 2 aromatic heterocycles. The number of aryl methyl sites for hydroxylation is 2. The summed E-state index contributed by atoms with van der Waals surface area (Å²) in [5.74, 6) is -1.36. The summed E-state index contributed by atoms with van der Waals surface area (Å²) < 4.78 is 6.25. The predicted octanol–water partition coefficient (Wildman–Crippen LogP) is 4.66. The van der Waals surface area contributed by atoms with Crippen LogP contribution < -0.4 is 16.6 Å². The van der Waals surface area contributed by atoms with E-state index in [1.54, 1.807) is 55.5 Å². The van der Waals surface area contributed by atoms with E-state index in [0.29, 0.717) is 27.5 Å². The van der Waals surface area contributed by atoms with Crippen LogP contribution in [-0.2, 0) is 17.6 Å². The second kappa shape index (κ2) is 11.8. The summed E-state index contributed by atoms with van der Waals surface area (Å²) in [4.78, 5) is 58.1. The Morgan fingerprint density at radius 1 is 1.10 bits per heavy atom. The van der Waals surface area contributed by atoms with Crippen molar-refractivity contribution in [1.29, 1.82) is 0 Å². The lowest BCUT2D eigenvalue weighted by atomic mass is 9.95. The molecule has 2 heterocycles. The van der Waals surface area contributed by atoms with Crippen LogP contribution in [0.2, 0.25) is 0 Å². The molecule has 1 amide bonds. The van der Waals surface area contributed by atoms with Gasteiger partial charge in [-0.1, -0.05) is 17.7 Å². The van der Waals surface area contributed by atoms with E-state index in [-0.39, 0.29) is 18.1 Å². The zero-order valence-electron chi connectivity index (χ0n) is 22.5. The molecule has 1 aliphatic carbocycles. The van der Waals surface area contributed by atoms with Gasteiger partial charge in [0.1, 0.15) is 10.6 Å². The summed E-state index contributed by atoms with van der Waals surface area (Å²) in [5, 5.41) is 14.1. The second-order valence-corrected chi connectivity index (χ2v) is 10.7. The molecule has 0 spiro atoms. The maximum Gasteiger partial charge on any atom is 0.341 e. The number of carbonyl (C=O) groups is 2. The number of carbonyl (C=O) groups excluding carboxylic acids is 2. The number of amides is 1. The van der Waals surface area contributed by atoms with Crippen LogP contribution in [0, 0.1) is 6.92 Å². The van der Waals surface area contributed by atoms with Crippen molar-refractivity contribution in [3.63, 3.8) is 0 Å². The molecule has 0 aliphatic heterocycles. The number of anilines is 1. The topological polar surface area (TPSA) is 143 Å². The van der Waals surface area contributed by atoms with E-state index in [0.717, 1.165) is 52.5 Å². The van der Waals surface area contributed by atoms with Crippen LogP contribution >= 0.6 is 11.3 Å². The molecule has 5 rings (SSSR count). The molecule has 11 heteroatoms. The molecule has 210 valence electrons. The van der Waals surface area contributed by atoms with Crippen molar-refractivity contribution in [2.75, 3.05) is 11.9 Å². The number of nitrogens with one attached hydrogen (secondary N) is 2. The highest BCUT2D eigenvalue weighted by Gasteiger charge is 2.27. The Kier molecular flexibility index (Phi) is 7.97. The van der Waals surface area contributed by atoms with Crippen LogP contribution in [-0.4, -0.2) is 39.4 Å². The summed E-state index contributed by atoms with van der Waals surface area (Å²) in [6, 6.07) is 13.2. The molecule has 0 unspecified atom stereocenters. The van der Waals surface area contributed by atoms with Gasteiger partial charge in [-0.05, 0) is 81.5 Å². The molecule has 3 N–H and O–H groups in total. The number of ether oxygens (including phenoxy) is 1. The van der Waals surface area contributed by atoms with Gasteiger partial charge in [-0.25, -0.2) is 14.2 Å². The monoisotopic (exact) mass is 572 g/mol. The van der Waals surface area contributed by atoms with E-state index in [9.17, 15) is 24.3 Å². The maximum atomic E-state index is 13.1. The fourth-order valence-electron chi connectivity index (χ4n) is 4.67. The average Bonchev–Trinajstić information content (AvgIpc) is 3.32. The number of fused-ring (bicyclic) bond motifs is 1. The zero-order valence-corrected chi connectivity index (χ0v) is 23.3. The van der Waals surface area contributed by atoms with Crippen molar-refractivity contribution < 1.29 is 19.4 Å². The number of aromatic amines is 1. The Bertz CT molecular complexity index is 1760. The first kappa shape index (κ1) is 27.8. The number of hydrogen-bond acceptors (Lipinski definition) is 8. The van der Waals surface area contributed by atoms with Gasteiger partial charge < -0.3 is 15.2 Å². The molecular formula is C30H28N4O6S. The number of thiophene rings is 1. The van der Waals surface area contributed by atoms with E-state index in [1.165, 1.54) is 11.3 Å². The molecular weight excluding hydrogens is 544 g/mol. The van der Waals surface area contributed by atoms with Crippen LogP contribution in [0.4, 0.5) is 10.7 Å². The molecule has 0 bridgehead atoms. The minimum Gasteiger partial charge on any atom is -0.493 e. The summed E-state index contributed by atoms with van der Waals surface area (Å²) in [5.41, 5.74) is 1.76. The van der Waals surface area contributed by atoms with Gasteiger partial charge in [-0.2, -0.15) is 0 Å². The minimum atomic E-state index is -0.786. The number of aromatic hydroxyl groups is 1. The summed E-state index contributed by atoms with van der Waals surface area (Å²) in [6.45, 7) is 3.88. The molecule has 0 saturated carbocycles. The van der Waals surface area contributed by atoms with Gasteiger partial charge in [0, 0.05) is 16.7 Å². The Labute approximate surface area is 239 Å². The lowest BCUT2D eigenvalue weighted by Crippen LogP contribution is -2.31. The Balaban J connectivity index is 1.37. The average molecular weight is 573 g/mol. The maximum absolute atomic E-state index is 13.1. The van der Waals surface area contributed by atoms with Crippen molar-refractivity contribution in [1.82, 2.24) is 9.55 Å². The zero-order chi connectivity index (χ0) is 29.1. The third kappa shape index (κ3) is 5.75. The van der Waals surface area contributed by atoms with Crippen LogP contribution in [0.5, 0.6) is 5.88 Å². The number of nitrogens with zero attached hydrogens (tertiary/aromatic N) is 2. The lowest BCUT2D eigenvalue weighted by molar-refractivity contribution is 0.0526. The number of esters is 1. The fourth-order valence-corrected chi connectivity index (χ4v) is 5.95. The lowest BCUT2D eigenvalue weighted by Gasteiger charge is -2.12. The first-order chi connectivity index (χ1) is 19.8. The van der Waals surface area contributed by atoms with E-state index in [1.807, 2.05) is 6.92 Å². The highest BCUT2D eigenvalue weighted by Crippen LogP contribution is 2.39. The van der Waals surface area contributed by atoms with Crippen molar-refractivity contribution in [3.05, 3.63) is 102 Å². The summed E-state index contributed by atoms with van der Waals surface area (Å²) in [7, 11) is 0. The Hall–Kier alpha value is -4.77. The first-order valence-corrected chi connectivity index (χ1v) is 14.0. The smallest absolute Gasteiger partial charge is 0.341 e. The summed E-state index contributed by atoms with van der Waals surface area (Å²) in [6.07, 6.45) is 4.85. The molecule has 0 radical (unpaired) electrons. The van der Waals surface area contributed by atoms with Crippen LogP contribution in [0.15, 0.2) is 63.1 Å². The largest absolute Gasteiger partial charge is 0.493 e. The fraction of sp³-hybridized carbons (Fsp3) is 0.233. The van der Waals surface area contributed by atoms with Crippen molar-refractivity contribution in [2.24, 2.45) is 4.99 Å². The van der Waals surface area contributed by atoms with Gasteiger partial charge in [0.25, 0.3) is 11.5 Å². The van der Waals surface area contributed by atoms with Gasteiger partial charge in [-0.3, -0.25) is 19.6 Å². The van der Waals surface area contributed by atoms with Crippen molar-refractivity contribution in [3.8, 4) is 11.6 Å². The number of aromatic nitrogens is 2. The van der Waals surface area contributed by atoms with E-state index in [2.05, 4.69) is 15.3 Å². The molecule has 10 nitrogen and oxygen atoms in total.